The number of carbonyl (C=O) groups excluding carboxylic acids is 4. The predicted octanol–water partition coefficient (Wildman–Crippen LogP) is 6.42. The molecule has 0 unspecified atom stereocenters. The van der Waals surface area contributed by atoms with Gasteiger partial charge in [-0.05, 0) is 94.2 Å². The Morgan fingerprint density at radius 3 is 1.17 bits per heavy atom. The van der Waals surface area contributed by atoms with Gasteiger partial charge in [0.15, 0.2) is 0 Å². The third-order valence-corrected chi connectivity index (χ3v) is 7.35. The highest BCUT2D eigenvalue weighted by molar-refractivity contribution is 5.83. The van der Waals surface area contributed by atoms with Crippen molar-refractivity contribution >= 4 is 23.9 Å². The van der Waals surface area contributed by atoms with Crippen LogP contribution < -0.4 is 0 Å². The van der Waals surface area contributed by atoms with E-state index < -0.39 is 40.4 Å². The number of hydrogen-bond acceptors (Lipinski definition) is 11. The molecule has 296 valence electrons. The van der Waals surface area contributed by atoms with E-state index in [-0.39, 0.29) is 44.5 Å². The molecule has 11 heteroatoms. The molecule has 1 atom stereocenters. The van der Waals surface area contributed by atoms with Gasteiger partial charge in [0.25, 0.3) is 0 Å². The summed E-state index contributed by atoms with van der Waals surface area (Å²) < 4.78 is 22.9. The van der Waals surface area contributed by atoms with Crippen LogP contribution in [0.15, 0.2) is 60.7 Å². The van der Waals surface area contributed by atoms with Gasteiger partial charge in [-0.2, -0.15) is 0 Å². The Bertz CT molecular complexity index is 1360. The fourth-order valence-corrected chi connectivity index (χ4v) is 5.46. The Kier molecular flexibility index (Phi) is 17.2. The van der Waals surface area contributed by atoms with Crippen LogP contribution >= 0.6 is 0 Å². The zero-order valence-corrected chi connectivity index (χ0v) is 34.3. The topological polar surface area (TPSA) is 115 Å². The van der Waals surface area contributed by atoms with Crippen LogP contribution in [0.4, 0.5) is 0 Å². The first-order valence-electron chi connectivity index (χ1n) is 18.5. The summed E-state index contributed by atoms with van der Waals surface area (Å²) >= 11 is 0. The Morgan fingerprint density at radius 2 is 0.830 bits per heavy atom. The van der Waals surface area contributed by atoms with E-state index >= 15 is 0 Å². The van der Waals surface area contributed by atoms with E-state index in [2.05, 4.69) is 0 Å². The lowest BCUT2D eigenvalue weighted by molar-refractivity contribution is -0.169. The van der Waals surface area contributed by atoms with Crippen molar-refractivity contribution in [3.05, 3.63) is 71.8 Å². The molecule has 0 heterocycles. The molecule has 0 aliphatic rings. The van der Waals surface area contributed by atoms with Gasteiger partial charge in [0.05, 0.1) is 19.5 Å². The molecule has 0 N–H and O–H groups in total. The lowest BCUT2D eigenvalue weighted by Crippen LogP contribution is -2.51. The van der Waals surface area contributed by atoms with Crippen LogP contribution in [-0.2, 0) is 51.2 Å². The summed E-state index contributed by atoms with van der Waals surface area (Å²) in [6, 6.07) is 18.6. The van der Waals surface area contributed by atoms with Gasteiger partial charge in [0.2, 0.25) is 0 Å². The Balaban J connectivity index is 2.53. The number of rotatable bonds is 18. The van der Waals surface area contributed by atoms with E-state index in [1.807, 2.05) is 117 Å². The van der Waals surface area contributed by atoms with Gasteiger partial charge < -0.3 is 18.9 Å². The Hall–Kier alpha value is -3.80. The van der Waals surface area contributed by atoms with Crippen LogP contribution in [-0.4, -0.2) is 106 Å². The van der Waals surface area contributed by atoms with Gasteiger partial charge in [-0.15, -0.1) is 0 Å². The van der Waals surface area contributed by atoms with E-state index in [9.17, 15) is 19.2 Å². The standard InChI is InChI=1S/C42H65N3O8/c1-39(2,3)50-35(46)27-34(38(49)53-42(10,11)12)45(25-23-43(28-32-19-15-13-16-20-32)30-36(47)51-40(4,5)6)26-24-44(29-33-21-17-14-18-22-33)31-37(48)52-41(7,8)9/h13-22,34H,23-31H2,1-12H3/t34-/m0/s1. The van der Waals surface area contributed by atoms with Gasteiger partial charge in [-0.3, -0.25) is 33.9 Å². The summed E-state index contributed by atoms with van der Waals surface area (Å²) in [5, 5.41) is 0. The van der Waals surface area contributed by atoms with E-state index in [4.69, 9.17) is 18.9 Å². The highest BCUT2D eigenvalue weighted by Gasteiger charge is 2.35. The molecular weight excluding hydrogens is 674 g/mol. The van der Waals surface area contributed by atoms with E-state index in [0.29, 0.717) is 26.2 Å². The summed E-state index contributed by atoms with van der Waals surface area (Å²) in [4.78, 5) is 59.4. The molecule has 2 aromatic rings. The van der Waals surface area contributed by atoms with Crippen LogP contribution in [0.1, 0.15) is 101 Å². The van der Waals surface area contributed by atoms with Gasteiger partial charge in [-0.25, -0.2) is 0 Å². The van der Waals surface area contributed by atoms with Crippen molar-refractivity contribution in [1.82, 2.24) is 14.7 Å². The van der Waals surface area contributed by atoms with Crippen molar-refractivity contribution in [3.63, 3.8) is 0 Å². The minimum Gasteiger partial charge on any atom is -0.460 e. The van der Waals surface area contributed by atoms with Crippen LogP contribution in [0.25, 0.3) is 0 Å². The van der Waals surface area contributed by atoms with E-state index in [0.717, 1.165) is 11.1 Å². The summed E-state index contributed by atoms with van der Waals surface area (Å²) in [5.74, 6) is -1.84. The summed E-state index contributed by atoms with van der Waals surface area (Å²) in [5.41, 5.74) is -0.889. The number of nitrogens with zero attached hydrogens (tertiary/aromatic N) is 3. The molecule has 2 rings (SSSR count). The molecule has 53 heavy (non-hydrogen) atoms. The molecule has 0 aromatic heterocycles. The molecule has 0 saturated carbocycles. The monoisotopic (exact) mass is 739 g/mol. The predicted molar refractivity (Wildman–Crippen MR) is 207 cm³/mol. The van der Waals surface area contributed by atoms with Gasteiger partial charge in [0.1, 0.15) is 28.4 Å². The molecule has 0 saturated heterocycles. The maximum Gasteiger partial charge on any atom is 0.324 e. The number of ether oxygens (including phenoxy) is 4. The lowest BCUT2D eigenvalue weighted by atomic mass is 10.1. The first-order valence-corrected chi connectivity index (χ1v) is 18.5. The SMILES string of the molecule is CC(C)(C)OC(=O)C[C@@H](C(=O)OC(C)(C)C)N(CCN(CC(=O)OC(C)(C)C)Cc1ccccc1)CCN(CC(=O)OC(C)(C)C)Cc1ccccc1. The number of hydrogen-bond donors (Lipinski definition) is 0. The van der Waals surface area contributed by atoms with Gasteiger partial charge in [-0.1, -0.05) is 60.7 Å². The van der Waals surface area contributed by atoms with E-state index in [1.54, 1.807) is 41.5 Å². The molecule has 0 fully saturated rings. The third-order valence-electron chi connectivity index (χ3n) is 7.35. The largest absolute Gasteiger partial charge is 0.460 e. The van der Waals surface area contributed by atoms with Crippen molar-refractivity contribution < 1.29 is 38.1 Å². The van der Waals surface area contributed by atoms with Crippen molar-refractivity contribution in [1.29, 1.82) is 0 Å². The third kappa shape index (κ3) is 20.9. The molecule has 0 spiro atoms. The van der Waals surface area contributed by atoms with Crippen molar-refractivity contribution in [2.75, 3.05) is 39.3 Å². The summed E-state index contributed by atoms with van der Waals surface area (Å²) in [6.45, 7) is 23.9. The second-order valence-corrected chi connectivity index (χ2v) is 17.4. The molecule has 2 aromatic carbocycles. The smallest absolute Gasteiger partial charge is 0.324 e. The summed E-state index contributed by atoms with van der Waals surface area (Å²) in [6.07, 6.45) is -0.248. The van der Waals surface area contributed by atoms with Gasteiger partial charge >= 0.3 is 23.9 Å². The minimum atomic E-state index is -1.01. The Labute approximate surface area is 318 Å². The second kappa shape index (κ2) is 20.0. The van der Waals surface area contributed by atoms with Crippen LogP contribution in [0.3, 0.4) is 0 Å². The Morgan fingerprint density at radius 1 is 0.491 bits per heavy atom. The van der Waals surface area contributed by atoms with Crippen LogP contribution in [0.2, 0.25) is 0 Å². The fraction of sp³-hybridized carbons (Fsp3) is 0.619. The zero-order chi connectivity index (χ0) is 40.0. The lowest BCUT2D eigenvalue weighted by Gasteiger charge is -2.35. The normalized spacial score (nSPS) is 13.2. The van der Waals surface area contributed by atoms with Crippen molar-refractivity contribution in [3.8, 4) is 0 Å². The molecule has 0 radical (unpaired) electrons. The van der Waals surface area contributed by atoms with E-state index in [1.165, 1.54) is 0 Å². The first-order chi connectivity index (χ1) is 24.4. The maximum atomic E-state index is 14.0. The summed E-state index contributed by atoms with van der Waals surface area (Å²) in [7, 11) is 0. The quantitative estimate of drug-likeness (QED) is 0.125. The first kappa shape index (κ1) is 45.4. The van der Waals surface area contributed by atoms with Crippen LogP contribution in [0.5, 0.6) is 0 Å². The molecule has 11 nitrogen and oxygen atoms in total. The molecule has 0 aliphatic carbocycles. The maximum absolute atomic E-state index is 14.0. The molecule has 0 aliphatic heterocycles. The number of benzene rings is 2. The average molecular weight is 740 g/mol. The molecule has 0 bridgehead atoms. The fourth-order valence-electron chi connectivity index (χ4n) is 5.46. The highest BCUT2D eigenvalue weighted by atomic mass is 16.6. The zero-order valence-electron chi connectivity index (χ0n) is 34.3. The molecular formula is C42H65N3O8. The van der Waals surface area contributed by atoms with Crippen molar-refractivity contribution in [2.24, 2.45) is 0 Å². The number of esters is 4. The van der Waals surface area contributed by atoms with Crippen LogP contribution in [0, 0.1) is 0 Å². The highest BCUT2D eigenvalue weighted by Crippen LogP contribution is 2.19. The number of carbonyl (C=O) groups is 4. The molecule has 0 amide bonds. The van der Waals surface area contributed by atoms with Gasteiger partial charge in [0, 0.05) is 39.3 Å². The second-order valence-electron chi connectivity index (χ2n) is 17.4. The minimum absolute atomic E-state index is 0.0158. The average Bonchev–Trinajstić information content (AvgIpc) is 2.97. The van der Waals surface area contributed by atoms with Crippen molar-refractivity contribution in [2.45, 2.75) is 131 Å².